The molecule has 2 aromatic rings. The van der Waals surface area contributed by atoms with E-state index in [0.29, 0.717) is 47.2 Å². The number of piperidine rings is 1. The van der Waals surface area contributed by atoms with E-state index in [1.165, 1.54) is 0 Å². The summed E-state index contributed by atoms with van der Waals surface area (Å²) < 4.78 is 0. The Hall–Kier alpha value is -2.04. The smallest absolute Gasteiger partial charge is 0.253 e. The van der Waals surface area contributed by atoms with Gasteiger partial charge in [-0.2, -0.15) is 0 Å². The number of likely N-dealkylation sites (tertiary alicyclic amines) is 1. The summed E-state index contributed by atoms with van der Waals surface area (Å²) in [5.41, 5.74) is 2.27. The zero-order chi connectivity index (χ0) is 18.7. The van der Waals surface area contributed by atoms with Crippen LogP contribution in [-0.4, -0.2) is 29.8 Å². The van der Waals surface area contributed by atoms with Gasteiger partial charge >= 0.3 is 0 Å². The third-order valence-electron chi connectivity index (χ3n) is 4.60. The average Bonchev–Trinajstić information content (AvgIpc) is 2.64. The van der Waals surface area contributed by atoms with Crippen LogP contribution in [-0.2, 0) is 4.79 Å². The minimum absolute atomic E-state index is 0.0189. The van der Waals surface area contributed by atoms with Crippen molar-refractivity contribution in [2.45, 2.75) is 19.8 Å². The molecule has 2 amide bonds. The van der Waals surface area contributed by atoms with Crippen molar-refractivity contribution in [1.29, 1.82) is 0 Å². The molecule has 1 saturated heterocycles. The maximum Gasteiger partial charge on any atom is 0.253 e. The van der Waals surface area contributed by atoms with Crippen LogP contribution in [0.25, 0.3) is 0 Å². The zero-order valence-electron chi connectivity index (χ0n) is 14.5. The standard InChI is InChI=1S/C20H20Cl2N2O2/c1-13-3-2-4-15(11-13)20(26)24-9-7-14(8-10-24)19(25)23-18-12-16(21)5-6-17(18)22/h2-6,11-12,14H,7-10H2,1H3,(H,23,25). The third-order valence-corrected chi connectivity index (χ3v) is 5.17. The van der Waals surface area contributed by atoms with Crippen LogP contribution in [0.2, 0.25) is 10.0 Å². The summed E-state index contributed by atoms with van der Waals surface area (Å²) in [6, 6.07) is 12.5. The minimum Gasteiger partial charge on any atom is -0.339 e. The van der Waals surface area contributed by atoms with Crippen molar-refractivity contribution in [3.63, 3.8) is 0 Å². The van der Waals surface area contributed by atoms with Crippen LogP contribution in [0.1, 0.15) is 28.8 Å². The Morgan fingerprint density at radius 1 is 1.08 bits per heavy atom. The number of carbonyl (C=O) groups is 2. The third kappa shape index (κ3) is 4.37. The molecular formula is C20H20Cl2N2O2. The van der Waals surface area contributed by atoms with Gasteiger partial charge in [0, 0.05) is 29.6 Å². The normalized spacial score (nSPS) is 15.0. The molecule has 136 valence electrons. The maximum atomic E-state index is 12.6. The topological polar surface area (TPSA) is 49.4 Å². The van der Waals surface area contributed by atoms with Gasteiger partial charge in [-0.05, 0) is 50.1 Å². The highest BCUT2D eigenvalue weighted by Gasteiger charge is 2.28. The lowest BCUT2D eigenvalue weighted by atomic mass is 9.95. The van der Waals surface area contributed by atoms with Crippen molar-refractivity contribution in [2.75, 3.05) is 18.4 Å². The van der Waals surface area contributed by atoms with Crippen molar-refractivity contribution in [3.8, 4) is 0 Å². The molecule has 0 aromatic heterocycles. The van der Waals surface area contributed by atoms with Crippen molar-refractivity contribution in [1.82, 2.24) is 4.90 Å². The Morgan fingerprint density at radius 2 is 1.81 bits per heavy atom. The first-order valence-corrected chi connectivity index (χ1v) is 9.31. The number of amides is 2. The number of nitrogens with zero attached hydrogens (tertiary/aromatic N) is 1. The fourth-order valence-electron chi connectivity index (χ4n) is 3.13. The molecule has 1 aliphatic rings. The number of hydrogen-bond acceptors (Lipinski definition) is 2. The molecule has 1 N–H and O–H groups in total. The first-order chi connectivity index (χ1) is 12.4. The van der Waals surface area contributed by atoms with Gasteiger partial charge in [0.1, 0.15) is 0 Å². The van der Waals surface area contributed by atoms with Crippen molar-refractivity contribution >= 4 is 40.7 Å². The van der Waals surface area contributed by atoms with E-state index < -0.39 is 0 Å². The van der Waals surface area contributed by atoms with E-state index in [2.05, 4.69) is 5.32 Å². The largest absolute Gasteiger partial charge is 0.339 e. The number of nitrogens with one attached hydrogen (secondary N) is 1. The number of aryl methyl sites for hydroxylation is 1. The van der Waals surface area contributed by atoms with Gasteiger partial charge in [0.2, 0.25) is 5.91 Å². The lowest BCUT2D eigenvalue weighted by Crippen LogP contribution is -2.41. The molecule has 0 aliphatic carbocycles. The van der Waals surface area contributed by atoms with E-state index in [1.807, 2.05) is 36.1 Å². The Bertz CT molecular complexity index is 830. The van der Waals surface area contributed by atoms with Gasteiger partial charge in [0.05, 0.1) is 10.7 Å². The number of benzene rings is 2. The highest BCUT2D eigenvalue weighted by atomic mass is 35.5. The average molecular weight is 391 g/mol. The summed E-state index contributed by atoms with van der Waals surface area (Å²) in [4.78, 5) is 26.9. The number of hydrogen-bond donors (Lipinski definition) is 1. The van der Waals surface area contributed by atoms with Crippen LogP contribution in [0, 0.1) is 12.8 Å². The lowest BCUT2D eigenvalue weighted by molar-refractivity contribution is -0.121. The first-order valence-electron chi connectivity index (χ1n) is 8.56. The molecular weight excluding hydrogens is 371 g/mol. The van der Waals surface area contributed by atoms with Crippen molar-refractivity contribution in [2.24, 2.45) is 5.92 Å². The summed E-state index contributed by atoms with van der Waals surface area (Å²) in [6.07, 6.45) is 1.25. The molecule has 2 aromatic carbocycles. The van der Waals surface area contributed by atoms with Crippen LogP contribution in [0.5, 0.6) is 0 Å². The van der Waals surface area contributed by atoms with Gasteiger partial charge in [0.15, 0.2) is 0 Å². The molecule has 0 bridgehead atoms. The van der Waals surface area contributed by atoms with E-state index in [9.17, 15) is 9.59 Å². The molecule has 6 heteroatoms. The fraction of sp³-hybridized carbons (Fsp3) is 0.300. The second-order valence-electron chi connectivity index (χ2n) is 6.55. The van der Waals surface area contributed by atoms with Crippen LogP contribution in [0.4, 0.5) is 5.69 Å². The van der Waals surface area contributed by atoms with Crippen molar-refractivity contribution < 1.29 is 9.59 Å². The first kappa shape index (κ1) is 18.7. The number of anilines is 1. The minimum atomic E-state index is -0.147. The molecule has 0 spiro atoms. The van der Waals surface area contributed by atoms with E-state index >= 15 is 0 Å². The van der Waals surface area contributed by atoms with Crippen LogP contribution >= 0.6 is 23.2 Å². The quantitative estimate of drug-likeness (QED) is 0.818. The van der Waals surface area contributed by atoms with Gasteiger partial charge in [-0.3, -0.25) is 9.59 Å². The van der Waals surface area contributed by atoms with Gasteiger partial charge in [0.25, 0.3) is 5.91 Å². The van der Waals surface area contributed by atoms with Crippen molar-refractivity contribution in [3.05, 3.63) is 63.6 Å². The van der Waals surface area contributed by atoms with Gasteiger partial charge in [-0.15, -0.1) is 0 Å². The maximum absolute atomic E-state index is 12.6. The predicted molar refractivity (Wildman–Crippen MR) is 105 cm³/mol. The summed E-state index contributed by atoms with van der Waals surface area (Å²) in [6.45, 7) is 3.09. The molecule has 0 atom stereocenters. The molecule has 26 heavy (non-hydrogen) atoms. The highest BCUT2D eigenvalue weighted by Crippen LogP contribution is 2.27. The number of rotatable bonds is 3. The molecule has 4 nitrogen and oxygen atoms in total. The number of carbonyl (C=O) groups excluding carboxylic acids is 2. The van der Waals surface area contributed by atoms with Crippen LogP contribution in [0.3, 0.4) is 0 Å². The second-order valence-corrected chi connectivity index (χ2v) is 7.39. The van der Waals surface area contributed by atoms with Gasteiger partial charge < -0.3 is 10.2 Å². The summed E-state index contributed by atoms with van der Waals surface area (Å²) in [5.74, 6) is -0.214. The molecule has 0 saturated carbocycles. The molecule has 1 aliphatic heterocycles. The van der Waals surface area contributed by atoms with Crippen LogP contribution in [0.15, 0.2) is 42.5 Å². The Balaban J connectivity index is 1.58. The zero-order valence-corrected chi connectivity index (χ0v) is 16.0. The highest BCUT2D eigenvalue weighted by molar-refractivity contribution is 6.35. The van der Waals surface area contributed by atoms with E-state index in [0.717, 1.165) is 5.56 Å². The van der Waals surface area contributed by atoms with Crippen LogP contribution < -0.4 is 5.32 Å². The fourth-order valence-corrected chi connectivity index (χ4v) is 3.47. The Labute approximate surface area is 163 Å². The van der Waals surface area contributed by atoms with Gasteiger partial charge in [-0.1, -0.05) is 40.9 Å². The SMILES string of the molecule is Cc1cccc(C(=O)N2CCC(C(=O)Nc3cc(Cl)ccc3Cl)CC2)c1. The molecule has 0 unspecified atom stereocenters. The van der Waals surface area contributed by atoms with E-state index in [-0.39, 0.29) is 17.7 Å². The molecule has 1 heterocycles. The Morgan fingerprint density at radius 3 is 2.50 bits per heavy atom. The predicted octanol–water partition coefficient (Wildman–Crippen LogP) is 4.79. The molecule has 1 fully saturated rings. The monoisotopic (exact) mass is 390 g/mol. The second kappa shape index (κ2) is 8.11. The Kier molecular flexibility index (Phi) is 5.84. The van der Waals surface area contributed by atoms with E-state index in [1.54, 1.807) is 18.2 Å². The summed E-state index contributed by atoms with van der Waals surface area (Å²) in [5, 5.41) is 3.82. The van der Waals surface area contributed by atoms with Gasteiger partial charge in [-0.25, -0.2) is 0 Å². The van der Waals surface area contributed by atoms with E-state index in [4.69, 9.17) is 23.2 Å². The number of halogens is 2. The molecule has 0 radical (unpaired) electrons. The summed E-state index contributed by atoms with van der Waals surface area (Å²) >= 11 is 12.1. The molecule has 3 rings (SSSR count). The summed E-state index contributed by atoms with van der Waals surface area (Å²) in [7, 11) is 0. The lowest BCUT2D eigenvalue weighted by Gasteiger charge is -2.31.